The third-order valence-corrected chi connectivity index (χ3v) is 10.8. The Balaban J connectivity index is 1.38. The van der Waals surface area contributed by atoms with Crippen molar-refractivity contribution in [2.45, 2.75) is 50.2 Å². The Bertz CT molecular complexity index is 1190. The van der Waals surface area contributed by atoms with Crippen LogP contribution in [0.2, 0.25) is 0 Å². The van der Waals surface area contributed by atoms with E-state index in [4.69, 9.17) is 14.2 Å². The molecule has 5 fully saturated rings. The Morgan fingerprint density at radius 3 is 2.33 bits per heavy atom. The summed E-state index contributed by atoms with van der Waals surface area (Å²) in [6.07, 6.45) is 8.20. The van der Waals surface area contributed by atoms with Gasteiger partial charge in [0.2, 0.25) is 0 Å². The predicted octanol–water partition coefficient (Wildman–Crippen LogP) is 7.69. The molecule has 0 unspecified atom stereocenters. The van der Waals surface area contributed by atoms with E-state index in [-0.39, 0.29) is 6.29 Å². The number of hydrogen-bond donors (Lipinski definition) is 0. The van der Waals surface area contributed by atoms with E-state index in [1.807, 2.05) is 18.4 Å². The van der Waals surface area contributed by atoms with Gasteiger partial charge in [-0.25, -0.2) is 0 Å². The summed E-state index contributed by atoms with van der Waals surface area (Å²) in [5.74, 6) is 3.86. The van der Waals surface area contributed by atoms with Crippen LogP contribution in [-0.4, -0.2) is 20.3 Å². The van der Waals surface area contributed by atoms with Crippen molar-refractivity contribution >= 4 is 44.0 Å². The zero-order valence-electron chi connectivity index (χ0n) is 18.9. The topological polar surface area (TPSA) is 27.7 Å². The second-order valence-corrected chi connectivity index (χ2v) is 13.6. The molecule has 4 aliphatic carbocycles. The molecule has 0 spiro atoms. The number of fused-ring (bicyclic) bond motifs is 1. The number of benzene rings is 2. The molecular weight excluding hydrogens is 543 g/mol. The molecule has 1 aliphatic heterocycles. The summed E-state index contributed by atoms with van der Waals surface area (Å²) in [5.41, 5.74) is 5.50. The number of thiophene rings is 1. The quantitative estimate of drug-likeness (QED) is 0.300. The van der Waals surface area contributed by atoms with Crippen LogP contribution >= 0.6 is 33.9 Å². The molecule has 5 aliphatic rings. The Labute approximate surface area is 212 Å². The van der Waals surface area contributed by atoms with Crippen LogP contribution in [0.3, 0.4) is 0 Å². The molecular formula is C28H29IO3S. The lowest BCUT2D eigenvalue weighted by Crippen LogP contribution is -2.48. The predicted molar refractivity (Wildman–Crippen MR) is 141 cm³/mol. The van der Waals surface area contributed by atoms with Crippen molar-refractivity contribution in [2.75, 3.05) is 20.3 Å². The highest BCUT2D eigenvalue weighted by Crippen LogP contribution is 2.62. The molecule has 3 aromatic rings. The molecule has 172 valence electrons. The van der Waals surface area contributed by atoms with Crippen LogP contribution in [-0.2, 0) is 14.9 Å². The van der Waals surface area contributed by atoms with E-state index in [2.05, 4.69) is 59.0 Å². The summed E-state index contributed by atoms with van der Waals surface area (Å²) in [4.78, 5) is 0. The Hall–Kier alpha value is -1.15. The van der Waals surface area contributed by atoms with Crippen molar-refractivity contribution in [3.63, 3.8) is 0 Å². The van der Waals surface area contributed by atoms with Gasteiger partial charge >= 0.3 is 0 Å². The molecule has 0 amide bonds. The van der Waals surface area contributed by atoms with Gasteiger partial charge in [0.1, 0.15) is 5.75 Å². The average molecular weight is 573 g/mol. The Kier molecular flexibility index (Phi) is 5.09. The van der Waals surface area contributed by atoms with E-state index >= 15 is 0 Å². The van der Waals surface area contributed by atoms with Crippen LogP contribution in [0, 0.1) is 20.6 Å². The summed E-state index contributed by atoms with van der Waals surface area (Å²) in [6, 6.07) is 13.6. The van der Waals surface area contributed by atoms with Gasteiger partial charge in [-0.05, 0) is 108 Å². The minimum Gasteiger partial charge on any atom is -0.496 e. The number of methoxy groups -OCH3 is 1. The van der Waals surface area contributed by atoms with Crippen LogP contribution in [0.15, 0.2) is 36.4 Å². The first-order valence-corrected chi connectivity index (χ1v) is 14.2. The average Bonchev–Trinajstić information content (AvgIpc) is 3.44. The first kappa shape index (κ1) is 21.2. The number of hydrogen-bond acceptors (Lipinski definition) is 4. The molecule has 2 aromatic carbocycles. The summed E-state index contributed by atoms with van der Waals surface area (Å²) < 4.78 is 20.3. The normalized spacial score (nSPS) is 31.0. The fraction of sp³-hybridized carbons (Fsp3) is 0.500. The van der Waals surface area contributed by atoms with Crippen LogP contribution in [0.5, 0.6) is 5.75 Å². The van der Waals surface area contributed by atoms with Gasteiger partial charge in [-0.2, -0.15) is 0 Å². The van der Waals surface area contributed by atoms with Gasteiger partial charge < -0.3 is 14.2 Å². The van der Waals surface area contributed by atoms with Gasteiger partial charge in [-0.1, -0.05) is 18.2 Å². The zero-order valence-corrected chi connectivity index (χ0v) is 21.9. The Morgan fingerprint density at radius 1 is 0.970 bits per heavy atom. The lowest BCUT2D eigenvalue weighted by molar-refractivity contribution is -0.0440. The van der Waals surface area contributed by atoms with Crippen molar-refractivity contribution in [3.05, 3.63) is 50.4 Å². The third-order valence-electron chi connectivity index (χ3n) is 8.65. The second-order valence-electron chi connectivity index (χ2n) is 10.7. The molecule has 0 atom stereocenters. The van der Waals surface area contributed by atoms with Crippen molar-refractivity contribution < 1.29 is 14.2 Å². The van der Waals surface area contributed by atoms with Crippen LogP contribution in [0.4, 0.5) is 0 Å². The van der Waals surface area contributed by atoms with Gasteiger partial charge in [-0.15, -0.1) is 11.3 Å². The lowest BCUT2D eigenvalue weighted by atomic mass is 9.48. The molecule has 0 N–H and O–H groups in total. The van der Waals surface area contributed by atoms with Crippen molar-refractivity contribution in [2.24, 2.45) is 17.8 Å². The van der Waals surface area contributed by atoms with Crippen LogP contribution in [0.25, 0.3) is 21.2 Å². The van der Waals surface area contributed by atoms with E-state index in [9.17, 15) is 0 Å². The first-order valence-electron chi connectivity index (χ1n) is 12.3. The van der Waals surface area contributed by atoms with Crippen molar-refractivity contribution in [3.8, 4) is 16.9 Å². The maximum Gasteiger partial charge on any atom is 0.184 e. The van der Waals surface area contributed by atoms with Gasteiger partial charge in [0, 0.05) is 26.8 Å². The summed E-state index contributed by atoms with van der Waals surface area (Å²) in [5, 5.41) is 1.38. The number of halogens is 1. The molecule has 1 saturated heterocycles. The maximum atomic E-state index is 6.06. The highest BCUT2D eigenvalue weighted by Gasteiger charge is 2.52. The standard InChI is InChI=1S/C28H29IO3S/c1-30-23-12-24-21(11-22(23)28-13-16-7-17(14-28)9-18(8-16)15-28)25(26(29)33-24)19-3-2-4-20(10-19)27-31-5-6-32-27/h2-4,10-12,16-18,27H,5-9,13-15H2,1H3. The molecule has 0 radical (unpaired) electrons. The van der Waals surface area contributed by atoms with Crippen molar-refractivity contribution in [1.82, 2.24) is 0 Å². The fourth-order valence-corrected chi connectivity index (χ4v) is 10.1. The minimum absolute atomic E-state index is 0.241. The smallest absolute Gasteiger partial charge is 0.184 e. The lowest BCUT2D eigenvalue weighted by Gasteiger charge is -2.57. The summed E-state index contributed by atoms with van der Waals surface area (Å²) >= 11 is 4.39. The molecule has 4 saturated carbocycles. The van der Waals surface area contributed by atoms with Crippen LogP contribution in [0.1, 0.15) is 55.9 Å². The molecule has 33 heavy (non-hydrogen) atoms. The second kappa shape index (κ2) is 7.94. The monoisotopic (exact) mass is 572 g/mol. The molecule has 4 bridgehead atoms. The highest BCUT2D eigenvalue weighted by atomic mass is 127. The summed E-state index contributed by atoms with van der Waals surface area (Å²) in [7, 11) is 1.86. The van der Waals surface area contributed by atoms with Gasteiger partial charge in [0.05, 0.1) is 23.2 Å². The third kappa shape index (κ3) is 3.40. The van der Waals surface area contributed by atoms with E-state index in [1.165, 1.54) is 68.2 Å². The largest absolute Gasteiger partial charge is 0.496 e. The van der Waals surface area contributed by atoms with E-state index in [0.29, 0.717) is 18.6 Å². The minimum atomic E-state index is -0.241. The molecule has 5 heteroatoms. The van der Waals surface area contributed by atoms with Crippen LogP contribution < -0.4 is 4.74 Å². The van der Waals surface area contributed by atoms with Gasteiger partial charge in [0.15, 0.2) is 6.29 Å². The van der Waals surface area contributed by atoms with E-state index in [0.717, 1.165) is 29.1 Å². The van der Waals surface area contributed by atoms with E-state index < -0.39 is 0 Å². The summed E-state index contributed by atoms with van der Waals surface area (Å²) in [6.45, 7) is 1.34. The first-order chi connectivity index (χ1) is 16.1. The molecule has 1 aromatic heterocycles. The maximum absolute atomic E-state index is 6.06. The SMILES string of the molecule is COc1cc2sc(I)c(-c3cccc(C4OCCO4)c3)c2cc1C12CC3CC(CC(C3)C1)C2. The van der Waals surface area contributed by atoms with Gasteiger partial charge in [0.25, 0.3) is 0 Å². The molecule has 8 rings (SSSR count). The zero-order chi connectivity index (χ0) is 22.2. The van der Waals surface area contributed by atoms with Crippen molar-refractivity contribution in [1.29, 1.82) is 0 Å². The Morgan fingerprint density at radius 2 is 1.67 bits per heavy atom. The molecule has 3 nitrogen and oxygen atoms in total. The number of rotatable bonds is 4. The fourth-order valence-electron chi connectivity index (χ4n) is 7.78. The van der Waals surface area contributed by atoms with Gasteiger partial charge in [-0.3, -0.25) is 0 Å². The highest BCUT2D eigenvalue weighted by molar-refractivity contribution is 14.1. The number of ether oxygens (including phenoxy) is 3. The molecule has 2 heterocycles. The van der Waals surface area contributed by atoms with E-state index in [1.54, 1.807) is 0 Å².